The number of nitrogens with one attached hydrogen (secondary N) is 1. The van der Waals surface area contributed by atoms with Gasteiger partial charge in [-0.05, 0) is 38.1 Å². The number of oxime groups is 1. The summed E-state index contributed by atoms with van der Waals surface area (Å²) in [4.78, 5) is 0. The molecule has 19 heavy (non-hydrogen) atoms. The van der Waals surface area contributed by atoms with Crippen molar-refractivity contribution in [2.24, 2.45) is 10.9 Å². The number of benzene rings is 1. The Morgan fingerprint density at radius 3 is 2.32 bits per heavy atom. The second-order valence-electron chi connectivity index (χ2n) is 4.28. The predicted molar refractivity (Wildman–Crippen MR) is 74.5 cm³/mol. The van der Waals surface area contributed by atoms with Gasteiger partial charge in [0.25, 0.3) is 0 Å². The molecule has 0 saturated heterocycles. The molecule has 8 heteroatoms. The fraction of sp³-hybridized carbons (Fsp3) is 0.364. The van der Waals surface area contributed by atoms with Crippen LogP contribution in [0.25, 0.3) is 0 Å². The van der Waals surface area contributed by atoms with Gasteiger partial charge < -0.3 is 10.9 Å². The van der Waals surface area contributed by atoms with Gasteiger partial charge in [-0.25, -0.2) is 0 Å². The topological polar surface area (TPSA) is 108 Å². The first kappa shape index (κ1) is 15.3. The van der Waals surface area contributed by atoms with Crippen molar-refractivity contribution in [3.05, 3.63) is 29.8 Å². The van der Waals surface area contributed by atoms with Crippen LogP contribution in [0, 0.1) is 0 Å². The van der Waals surface area contributed by atoms with E-state index in [-0.39, 0.29) is 11.9 Å². The Labute approximate surface area is 112 Å². The van der Waals surface area contributed by atoms with Crippen molar-refractivity contribution in [2.75, 3.05) is 11.4 Å². The molecule has 0 unspecified atom stereocenters. The molecule has 0 aliphatic heterocycles. The van der Waals surface area contributed by atoms with Crippen molar-refractivity contribution in [2.45, 2.75) is 19.9 Å². The van der Waals surface area contributed by atoms with Crippen LogP contribution in [-0.2, 0) is 10.2 Å². The monoisotopic (exact) mass is 286 g/mol. The average molecular weight is 286 g/mol. The van der Waals surface area contributed by atoms with Gasteiger partial charge in [-0.15, -0.1) is 0 Å². The Morgan fingerprint density at radius 2 is 1.89 bits per heavy atom. The fourth-order valence-electron chi connectivity index (χ4n) is 1.42. The molecule has 0 radical (unpaired) electrons. The van der Waals surface area contributed by atoms with Crippen LogP contribution in [0.15, 0.2) is 29.4 Å². The van der Waals surface area contributed by atoms with Gasteiger partial charge in [0, 0.05) is 18.7 Å². The lowest BCUT2D eigenvalue weighted by Gasteiger charge is -2.21. The highest BCUT2D eigenvalue weighted by atomic mass is 32.2. The van der Waals surface area contributed by atoms with Gasteiger partial charge in [0.1, 0.15) is 0 Å². The molecule has 106 valence electrons. The van der Waals surface area contributed by atoms with E-state index in [0.29, 0.717) is 11.3 Å². The smallest absolute Gasteiger partial charge is 0.301 e. The quantitative estimate of drug-likeness (QED) is 0.316. The highest BCUT2D eigenvalue weighted by molar-refractivity contribution is 7.90. The summed E-state index contributed by atoms with van der Waals surface area (Å²) >= 11 is 0. The van der Waals surface area contributed by atoms with E-state index in [1.54, 1.807) is 38.1 Å². The standard InChI is InChI=1S/C11H18N4O3S/c1-8(2)14-19(17,18)15(3)10-6-4-9(5-7-10)11(12)13-16/h4-8,14,16H,1-3H3,(H2,12,13). The van der Waals surface area contributed by atoms with E-state index in [9.17, 15) is 8.42 Å². The Balaban J connectivity index is 2.98. The minimum absolute atomic E-state index is 0.0302. The van der Waals surface area contributed by atoms with Gasteiger partial charge in [0.2, 0.25) is 0 Å². The lowest BCUT2D eigenvalue weighted by atomic mass is 10.2. The molecule has 1 rings (SSSR count). The first-order valence-electron chi connectivity index (χ1n) is 5.62. The Hall–Kier alpha value is -1.80. The molecular formula is C11H18N4O3S. The molecule has 1 aromatic rings. The number of nitrogens with two attached hydrogens (primary N) is 1. The van der Waals surface area contributed by atoms with Gasteiger partial charge in [-0.3, -0.25) is 4.31 Å². The summed E-state index contributed by atoms with van der Waals surface area (Å²) < 4.78 is 27.5. The number of hydrogen-bond acceptors (Lipinski definition) is 4. The number of rotatable bonds is 5. The molecule has 0 saturated carbocycles. The lowest BCUT2D eigenvalue weighted by Crippen LogP contribution is -2.41. The summed E-state index contributed by atoms with van der Waals surface area (Å²) in [6.07, 6.45) is 0. The van der Waals surface area contributed by atoms with Crippen LogP contribution in [0.1, 0.15) is 19.4 Å². The van der Waals surface area contributed by atoms with E-state index in [4.69, 9.17) is 10.9 Å². The zero-order valence-electron chi connectivity index (χ0n) is 11.0. The van der Waals surface area contributed by atoms with Crippen LogP contribution < -0.4 is 14.8 Å². The highest BCUT2D eigenvalue weighted by Gasteiger charge is 2.18. The van der Waals surface area contributed by atoms with Crippen LogP contribution in [0.3, 0.4) is 0 Å². The molecule has 7 nitrogen and oxygen atoms in total. The van der Waals surface area contributed by atoms with E-state index in [1.165, 1.54) is 7.05 Å². The van der Waals surface area contributed by atoms with E-state index in [0.717, 1.165) is 4.31 Å². The van der Waals surface area contributed by atoms with Gasteiger partial charge in [0.05, 0.1) is 5.69 Å². The molecule has 0 amide bonds. The molecule has 0 heterocycles. The van der Waals surface area contributed by atoms with Crippen molar-refractivity contribution in [1.29, 1.82) is 0 Å². The second-order valence-corrected chi connectivity index (χ2v) is 6.01. The number of nitrogens with zero attached hydrogens (tertiary/aromatic N) is 2. The number of anilines is 1. The van der Waals surface area contributed by atoms with Crippen LogP contribution in [0.4, 0.5) is 5.69 Å². The van der Waals surface area contributed by atoms with Gasteiger partial charge in [-0.2, -0.15) is 13.1 Å². The fourth-order valence-corrected chi connectivity index (χ4v) is 2.57. The van der Waals surface area contributed by atoms with Crippen LogP contribution in [0.5, 0.6) is 0 Å². The first-order chi connectivity index (χ1) is 8.77. The number of amidine groups is 1. The van der Waals surface area contributed by atoms with Crippen molar-refractivity contribution in [1.82, 2.24) is 4.72 Å². The number of hydrogen-bond donors (Lipinski definition) is 3. The van der Waals surface area contributed by atoms with Gasteiger partial charge >= 0.3 is 10.2 Å². The minimum Gasteiger partial charge on any atom is -0.409 e. The predicted octanol–water partition coefficient (Wildman–Crippen LogP) is 0.460. The van der Waals surface area contributed by atoms with Crippen LogP contribution in [0.2, 0.25) is 0 Å². The Morgan fingerprint density at radius 1 is 1.37 bits per heavy atom. The molecule has 0 aliphatic carbocycles. The summed E-state index contributed by atoms with van der Waals surface area (Å²) in [5, 5.41) is 11.4. The lowest BCUT2D eigenvalue weighted by molar-refractivity contribution is 0.318. The zero-order chi connectivity index (χ0) is 14.6. The maximum absolute atomic E-state index is 11.9. The van der Waals surface area contributed by atoms with E-state index in [1.807, 2.05) is 0 Å². The molecular weight excluding hydrogens is 268 g/mol. The molecule has 4 N–H and O–H groups in total. The van der Waals surface area contributed by atoms with Crippen molar-refractivity contribution >= 4 is 21.7 Å². The third-order valence-corrected chi connectivity index (χ3v) is 4.08. The van der Waals surface area contributed by atoms with Gasteiger partial charge in [-0.1, -0.05) is 5.16 Å². The largest absolute Gasteiger partial charge is 0.409 e. The Kier molecular flexibility index (Phi) is 4.73. The second kappa shape index (κ2) is 5.89. The van der Waals surface area contributed by atoms with E-state index < -0.39 is 10.2 Å². The summed E-state index contributed by atoms with van der Waals surface area (Å²) in [7, 11) is -2.13. The maximum atomic E-state index is 11.9. The van der Waals surface area contributed by atoms with Gasteiger partial charge in [0.15, 0.2) is 5.84 Å². The molecule has 0 aliphatic rings. The average Bonchev–Trinajstić information content (AvgIpc) is 2.35. The summed E-state index contributed by atoms with van der Waals surface area (Å²) in [5.74, 6) is -0.0302. The molecule has 0 spiro atoms. The van der Waals surface area contributed by atoms with Crippen molar-refractivity contribution in [3.63, 3.8) is 0 Å². The summed E-state index contributed by atoms with van der Waals surface area (Å²) in [6, 6.07) is 6.11. The van der Waals surface area contributed by atoms with Crippen LogP contribution in [-0.4, -0.2) is 32.6 Å². The summed E-state index contributed by atoms with van der Waals surface area (Å²) in [6.45, 7) is 3.49. The molecule has 0 fully saturated rings. The maximum Gasteiger partial charge on any atom is 0.301 e. The minimum atomic E-state index is -3.58. The summed E-state index contributed by atoms with van der Waals surface area (Å²) in [5.41, 5.74) is 6.41. The van der Waals surface area contributed by atoms with E-state index in [2.05, 4.69) is 9.88 Å². The van der Waals surface area contributed by atoms with Crippen molar-refractivity contribution < 1.29 is 13.6 Å². The molecule has 0 atom stereocenters. The highest BCUT2D eigenvalue weighted by Crippen LogP contribution is 2.16. The first-order valence-corrected chi connectivity index (χ1v) is 7.06. The molecule has 0 aromatic heterocycles. The van der Waals surface area contributed by atoms with E-state index >= 15 is 0 Å². The molecule has 1 aromatic carbocycles. The normalized spacial score (nSPS) is 12.7. The SMILES string of the molecule is CC(C)NS(=O)(=O)N(C)c1ccc(/C(N)=N/O)cc1. The van der Waals surface area contributed by atoms with Crippen molar-refractivity contribution in [3.8, 4) is 0 Å². The Bertz CT molecular complexity index is 552. The third kappa shape index (κ3) is 3.83. The molecule has 0 bridgehead atoms. The van der Waals surface area contributed by atoms with Crippen LogP contribution >= 0.6 is 0 Å². The zero-order valence-corrected chi connectivity index (χ0v) is 11.8. The third-order valence-electron chi connectivity index (χ3n) is 2.38.